The number of hydrogen-bond donors (Lipinski definition) is 1. The first-order chi connectivity index (χ1) is 11.6. The zero-order valence-electron chi connectivity index (χ0n) is 13.2. The Bertz CT molecular complexity index is 826. The molecule has 1 N–H and O–H groups in total. The Morgan fingerprint density at radius 3 is 2.67 bits per heavy atom. The average Bonchev–Trinajstić information content (AvgIpc) is 2.95. The van der Waals surface area contributed by atoms with Crippen LogP contribution in [0.4, 0.5) is 0 Å². The standard InChI is InChI=1S/C18H17N3O3/c1-13-15(11-21(20-13)17-4-2-3-9-19-17)12-24-16-7-5-14(6-8-16)10-18(22)23/h2-9,11H,10,12H2,1H3,(H,22,23). The van der Waals surface area contributed by atoms with Crippen LogP contribution in [0.3, 0.4) is 0 Å². The van der Waals surface area contributed by atoms with E-state index in [0.29, 0.717) is 12.4 Å². The highest BCUT2D eigenvalue weighted by molar-refractivity contribution is 5.70. The predicted molar refractivity (Wildman–Crippen MR) is 88.2 cm³/mol. The number of hydrogen-bond acceptors (Lipinski definition) is 4. The van der Waals surface area contributed by atoms with E-state index in [2.05, 4.69) is 10.1 Å². The predicted octanol–water partition coefficient (Wildman–Crippen LogP) is 2.78. The lowest BCUT2D eigenvalue weighted by molar-refractivity contribution is -0.136. The number of aryl methyl sites for hydroxylation is 1. The van der Waals surface area contributed by atoms with Gasteiger partial charge in [-0.3, -0.25) is 4.79 Å². The van der Waals surface area contributed by atoms with E-state index in [0.717, 1.165) is 22.6 Å². The molecule has 0 aliphatic carbocycles. The largest absolute Gasteiger partial charge is 0.489 e. The number of aliphatic carboxylic acids is 1. The Kier molecular flexibility index (Phi) is 4.56. The first-order valence-electron chi connectivity index (χ1n) is 7.52. The topological polar surface area (TPSA) is 77.2 Å². The maximum absolute atomic E-state index is 10.7. The minimum absolute atomic E-state index is 0.0102. The van der Waals surface area contributed by atoms with E-state index in [4.69, 9.17) is 9.84 Å². The molecule has 3 rings (SSSR count). The van der Waals surface area contributed by atoms with E-state index >= 15 is 0 Å². The second-order valence-corrected chi connectivity index (χ2v) is 5.38. The first-order valence-corrected chi connectivity index (χ1v) is 7.52. The fraction of sp³-hybridized carbons (Fsp3) is 0.167. The van der Waals surface area contributed by atoms with Crippen molar-refractivity contribution in [3.05, 3.63) is 71.7 Å². The molecule has 3 aromatic rings. The van der Waals surface area contributed by atoms with Gasteiger partial charge in [-0.25, -0.2) is 9.67 Å². The monoisotopic (exact) mass is 323 g/mol. The van der Waals surface area contributed by atoms with E-state index in [-0.39, 0.29) is 6.42 Å². The van der Waals surface area contributed by atoms with E-state index in [1.54, 1.807) is 35.1 Å². The Labute approximate surface area is 139 Å². The Morgan fingerprint density at radius 2 is 2.00 bits per heavy atom. The Hall–Kier alpha value is -3.15. The number of carboxylic acids is 1. The van der Waals surface area contributed by atoms with E-state index in [9.17, 15) is 4.79 Å². The van der Waals surface area contributed by atoms with Crippen molar-refractivity contribution in [2.24, 2.45) is 0 Å². The molecule has 0 saturated carbocycles. The molecule has 0 aliphatic heterocycles. The molecule has 0 unspecified atom stereocenters. The summed E-state index contributed by atoms with van der Waals surface area (Å²) in [5.74, 6) is 0.597. The summed E-state index contributed by atoms with van der Waals surface area (Å²) in [4.78, 5) is 14.9. The summed E-state index contributed by atoms with van der Waals surface area (Å²) in [6.07, 6.45) is 3.63. The molecule has 0 saturated heterocycles. The normalized spacial score (nSPS) is 10.5. The average molecular weight is 323 g/mol. The fourth-order valence-corrected chi connectivity index (χ4v) is 2.28. The highest BCUT2D eigenvalue weighted by Crippen LogP contribution is 2.16. The number of carboxylic acid groups (broad SMARTS) is 1. The number of nitrogens with zero attached hydrogens (tertiary/aromatic N) is 3. The van der Waals surface area contributed by atoms with Gasteiger partial charge in [-0.15, -0.1) is 0 Å². The molecule has 0 fully saturated rings. The highest BCUT2D eigenvalue weighted by Gasteiger charge is 2.08. The first kappa shape index (κ1) is 15.7. The Morgan fingerprint density at radius 1 is 1.21 bits per heavy atom. The van der Waals surface area contributed by atoms with Crippen molar-refractivity contribution in [2.45, 2.75) is 20.0 Å². The van der Waals surface area contributed by atoms with Gasteiger partial charge in [0.25, 0.3) is 0 Å². The number of pyridine rings is 1. The van der Waals surface area contributed by atoms with Crippen molar-refractivity contribution in [1.82, 2.24) is 14.8 Å². The molecule has 2 heterocycles. The van der Waals surface area contributed by atoms with Gasteiger partial charge >= 0.3 is 5.97 Å². The maximum Gasteiger partial charge on any atom is 0.307 e. The van der Waals surface area contributed by atoms with Crippen molar-refractivity contribution in [3.8, 4) is 11.6 Å². The molecule has 6 nitrogen and oxygen atoms in total. The van der Waals surface area contributed by atoms with Gasteiger partial charge in [0, 0.05) is 18.0 Å². The molecule has 2 aromatic heterocycles. The summed E-state index contributed by atoms with van der Waals surface area (Å²) in [5.41, 5.74) is 2.59. The van der Waals surface area contributed by atoms with Crippen molar-refractivity contribution >= 4 is 5.97 Å². The summed E-state index contributed by atoms with van der Waals surface area (Å²) in [7, 11) is 0. The van der Waals surface area contributed by atoms with Crippen LogP contribution in [0.1, 0.15) is 16.8 Å². The lowest BCUT2D eigenvalue weighted by atomic mass is 10.1. The summed E-state index contributed by atoms with van der Waals surface area (Å²) in [6.45, 7) is 2.31. The van der Waals surface area contributed by atoms with Crippen molar-refractivity contribution < 1.29 is 14.6 Å². The molecule has 0 radical (unpaired) electrons. The zero-order valence-corrected chi connectivity index (χ0v) is 13.2. The molecule has 6 heteroatoms. The van der Waals surface area contributed by atoms with Crippen LogP contribution in [0.2, 0.25) is 0 Å². The smallest absolute Gasteiger partial charge is 0.307 e. The molecule has 24 heavy (non-hydrogen) atoms. The minimum Gasteiger partial charge on any atom is -0.489 e. The van der Waals surface area contributed by atoms with Crippen molar-refractivity contribution in [3.63, 3.8) is 0 Å². The molecular formula is C18H17N3O3. The SMILES string of the molecule is Cc1nn(-c2ccccn2)cc1COc1ccc(CC(=O)O)cc1. The minimum atomic E-state index is -0.846. The van der Waals surface area contributed by atoms with Crippen LogP contribution in [0.15, 0.2) is 54.9 Å². The quantitative estimate of drug-likeness (QED) is 0.755. The summed E-state index contributed by atoms with van der Waals surface area (Å²) < 4.78 is 7.49. The van der Waals surface area contributed by atoms with Crippen LogP contribution in [-0.2, 0) is 17.8 Å². The zero-order chi connectivity index (χ0) is 16.9. The third-order valence-corrected chi connectivity index (χ3v) is 3.56. The fourth-order valence-electron chi connectivity index (χ4n) is 2.28. The molecule has 0 bridgehead atoms. The van der Waals surface area contributed by atoms with Crippen LogP contribution in [-0.4, -0.2) is 25.8 Å². The molecule has 0 amide bonds. The number of rotatable bonds is 6. The highest BCUT2D eigenvalue weighted by atomic mass is 16.5. The van der Waals surface area contributed by atoms with Gasteiger partial charge in [0.2, 0.25) is 0 Å². The molecule has 0 spiro atoms. The summed E-state index contributed by atoms with van der Waals surface area (Å²) in [5, 5.41) is 13.2. The summed E-state index contributed by atoms with van der Waals surface area (Å²) in [6, 6.07) is 12.7. The van der Waals surface area contributed by atoms with Crippen LogP contribution >= 0.6 is 0 Å². The van der Waals surface area contributed by atoms with Gasteiger partial charge in [0.1, 0.15) is 12.4 Å². The van der Waals surface area contributed by atoms with Gasteiger partial charge in [-0.2, -0.15) is 5.10 Å². The number of ether oxygens (including phenoxy) is 1. The molecular weight excluding hydrogens is 306 g/mol. The number of aromatic nitrogens is 3. The number of carbonyl (C=O) groups is 1. The third kappa shape index (κ3) is 3.78. The van der Waals surface area contributed by atoms with E-state index in [1.165, 1.54) is 0 Å². The molecule has 0 atom stereocenters. The van der Waals surface area contributed by atoms with Gasteiger partial charge in [0.05, 0.1) is 12.1 Å². The molecule has 122 valence electrons. The van der Waals surface area contributed by atoms with Gasteiger partial charge in [0.15, 0.2) is 5.82 Å². The number of benzene rings is 1. The van der Waals surface area contributed by atoms with Crippen LogP contribution in [0.25, 0.3) is 5.82 Å². The Balaban J connectivity index is 1.66. The maximum atomic E-state index is 10.7. The van der Waals surface area contributed by atoms with E-state index < -0.39 is 5.97 Å². The van der Waals surface area contributed by atoms with Gasteiger partial charge < -0.3 is 9.84 Å². The van der Waals surface area contributed by atoms with Crippen LogP contribution < -0.4 is 4.74 Å². The van der Waals surface area contributed by atoms with Crippen molar-refractivity contribution in [1.29, 1.82) is 0 Å². The van der Waals surface area contributed by atoms with Crippen LogP contribution in [0.5, 0.6) is 5.75 Å². The lowest BCUT2D eigenvalue weighted by Gasteiger charge is -2.06. The second kappa shape index (κ2) is 6.95. The third-order valence-electron chi connectivity index (χ3n) is 3.56. The second-order valence-electron chi connectivity index (χ2n) is 5.38. The summed E-state index contributed by atoms with van der Waals surface area (Å²) >= 11 is 0. The lowest BCUT2D eigenvalue weighted by Crippen LogP contribution is -2.00. The van der Waals surface area contributed by atoms with Crippen LogP contribution in [0, 0.1) is 6.92 Å². The molecule has 1 aromatic carbocycles. The van der Waals surface area contributed by atoms with Crippen molar-refractivity contribution in [2.75, 3.05) is 0 Å². The van der Waals surface area contributed by atoms with Gasteiger partial charge in [-0.1, -0.05) is 18.2 Å². The van der Waals surface area contributed by atoms with E-state index in [1.807, 2.05) is 31.3 Å². The molecule has 0 aliphatic rings. The van der Waals surface area contributed by atoms with Gasteiger partial charge in [-0.05, 0) is 36.8 Å².